The number of halogens is 1. The summed E-state index contributed by atoms with van der Waals surface area (Å²) >= 11 is 3.05. The van der Waals surface area contributed by atoms with Crippen molar-refractivity contribution >= 4 is 21.9 Å². The average Bonchev–Trinajstić information content (AvgIpc) is 2.12. The Labute approximate surface area is 90.0 Å². The zero-order valence-corrected chi connectivity index (χ0v) is 9.24. The summed E-state index contributed by atoms with van der Waals surface area (Å²) in [5.74, 6) is -0.303. The highest BCUT2D eigenvalue weighted by Crippen LogP contribution is 2.21. The van der Waals surface area contributed by atoms with Crippen LogP contribution in [-0.2, 0) is 16.0 Å². The van der Waals surface area contributed by atoms with E-state index < -0.39 is 0 Å². The third kappa shape index (κ3) is 2.99. The van der Waals surface area contributed by atoms with Gasteiger partial charge in [0, 0.05) is 6.20 Å². The number of hydrogen-bond donors (Lipinski definition) is 1. The fraction of sp³-hybridized carbons (Fsp3) is 0.333. The topological polar surface area (TPSA) is 59.4 Å². The van der Waals surface area contributed by atoms with E-state index in [4.69, 9.17) is 4.74 Å². The van der Waals surface area contributed by atoms with E-state index in [1.54, 1.807) is 6.92 Å². The van der Waals surface area contributed by atoms with Gasteiger partial charge < -0.3 is 9.84 Å². The molecule has 4 nitrogen and oxygen atoms in total. The number of nitrogens with zero attached hydrogens (tertiary/aromatic N) is 1. The van der Waals surface area contributed by atoms with Crippen LogP contribution in [0.3, 0.4) is 0 Å². The van der Waals surface area contributed by atoms with E-state index in [0.717, 1.165) is 0 Å². The zero-order valence-electron chi connectivity index (χ0n) is 7.66. The van der Waals surface area contributed by atoms with Crippen LogP contribution in [0, 0.1) is 0 Å². The minimum Gasteiger partial charge on any atom is -0.505 e. The molecular weight excluding hydrogens is 250 g/mol. The Hall–Kier alpha value is -1.10. The van der Waals surface area contributed by atoms with Gasteiger partial charge in [-0.3, -0.25) is 4.79 Å². The number of esters is 1. The minimum atomic E-state index is -0.323. The molecule has 1 aromatic rings. The molecule has 0 aromatic carbocycles. The Morgan fingerprint density at radius 1 is 1.71 bits per heavy atom. The summed E-state index contributed by atoms with van der Waals surface area (Å²) in [6.45, 7) is 2.10. The molecule has 14 heavy (non-hydrogen) atoms. The molecule has 0 unspecified atom stereocenters. The van der Waals surface area contributed by atoms with E-state index in [-0.39, 0.29) is 18.1 Å². The number of pyridine rings is 1. The van der Waals surface area contributed by atoms with Crippen LogP contribution < -0.4 is 0 Å². The molecule has 1 heterocycles. The van der Waals surface area contributed by atoms with Crippen molar-refractivity contribution in [3.63, 3.8) is 0 Å². The number of carbonyl (C=O) groups is 1. The van der Waals surface area contributed by atoms with E-state index in [1.165, 1.54) is 12.3 Å². The highest BCUT2D eigenvalue weighted by molar-refractivity contribution is 9.10. The first kappa shape index (κ1) is 11.0. The SMILES string of the molecule is CCOC(=O)Cc1cnc(Br)c(O)c1. The van der Waals surface area contributed by atoms with E-state index in [9.17, 15) is 9.90 Å². The number of aromatic nitrogens is 1. The van der Waals surface area contributed by atoms with Gasteiger partial charge in [0.1, 0.15) is 10.4 Å². The van der Waals surface area contributed by atoms with Crippen molar-refractivity contribution in [2.45, 2.75) is 13.3 Å². The van der Waals surface area contributed by atoms with Crippen LogP contribution >= 0.6 is 15.9 Å². The standard InChI is InChI=1S/C9H10BrNO3/c1-2-14-8(13)4-6-3-7(12)9(10)11-5-6/h3,5,12H,2,4H2,1H3. The molecule has 0 atom stereocenters. The van der Waals surface area contributed by atoms with Gasteiger partial charge in [0.25, 0.3) is 0 Å². The van der Waals surface area contributed by atoms with Crippen LogP contribution in [0.25, 0.3) is 0 Å². The number of hydrogen-bond acceptors (Lipinski definition) is 4. The van der Waals surface area contributed by atoms with Crippen LogP contribution in [0.15, 0.2) is 16.9 Å². The Balaban J connectivity index is 2.68. The normalized spacial score (nSPS) is 9.86. The van der Waals surface area contributed by atoms with Crippen LogP contribution in [0.1, 0.15) is 12.5 Å². The summed E-state index contributed by atoms with van der Waals surface area (Å²) in [6, 6.07) is 1.48. The Bertz CT molecular complexity index is 341. The molecular formula is C9H10BrNO3. The van der Waals surface area contributed by atoms with Gasteiger partial charge in [-0.1, -0.05) is 0 Å². The van der Waals surface area contributed by atoms with Crippen LogP contribution in [0.2, 0.25) is 0 Å². The molecule has 0 saturated carbocycles. The lowest BCUT2D eigenvalue weighted by Gasteiger charge is -2.02. The maximum Gasteiger partial charge on any atom is 0.310 e. The molecule has 0 amide bonds. The molecule has 0 radical (unpaired) electrons. The molecule has 0 aliphatic carbocycles. The molecule has 0 spiro atoms. The van der Waals surface area contributed by atoms with Gasteiger partial charge in [0.15, 0.2) is 0 Å². The summed E-state index contributed by atoms with van der Waals surface area (Å²) < 4.78 is 5.12. The fourth-order valence-corrected chi connectivity index (χ4v) is 1.17. The highest BCUT2D eigenvalue weighted by Gasteiger charge is 2.06. The van der Waals surface area contributed by atoms with Gasteiger partial charge in [-0.2, -0.15) is 0 Å². The van der Waals surface area contributed by atoms with E-state index in [1.807, 2.05) is 0 Å². The summed E-state index contributed by atoms with van der Waals surface area (Å²) in [5, 5.41) is 9.28. The molecule has 0 aliphatic heterocycles. The lowest BCUT2D eigenvalue weighted by Crippen LogP contribution is -2.07. The molecule has 76 valence electrons. The smallest absolute Gasteiger partial charge is 0.310 e. The number of carbonyl (C=O) groups excluding carboxylic acids is 1. The van der Waals surface area contributed by atoms with Crippen molar-refractivity contribution in [3.8, 4) is 5.75 Å². The van der Waals surface area contributed by atoms with E-state index in [0.29, 0.717) is 16.8 Å². The lowest BCUT2D eigenvalue weighted by molar-refractivity contribution is -0.142. The maximum absolute atomic E-state index is 11.1. The molecule has 0 saturated heterocycles. The van der Waals surface area contributed by atoms with Crippen molar-refractivity contribution in [1.82, 2.24) is 4.98 Å². The second-order valence-corrected chi connectivity index (χ2v) is 3.39. The zero-order chi connectivity index (χ0) is 10.6. The van der Waals surface area contributed by atoms with Crippen molar-refractivity contribution in [2.24, 2.45) is 0 Å². The summed E-state index contributed by atoms with van der Waals surface area (Å²) in [4.78, 5) is 14.9. The first-order valence-electron chi connectivity index (χ1n) is 4.12. The van der Waals surface area contributed by atoms with Gasteiger partial charge in [0.05, 0.1) is 13.0 Å². The van der Waals surface area contributed by atoms with Gasteiger partial charge in [-0.05, 0) is 34.5 Å². The third-order valence-corrected chi connectivity index (χ3v) is 2.14. The largest absolute Gasteiger partial charge is 0.505 e. The average molecular weight is 260 g/mol. The van der Waals surface area contributed by atoms with Gasteiger partial charge in [0.2, 0.25) is 0 Å². The van der Waals surface area contributed by atoms with Gasteiger partial charge in [-0.15, -0.1) is 0 Å². The highest BCUT2D eigenvalue weighted by atomic mass is 79.9. The van der Waals surface area contributed by atoms with Crippen molar-refractivity contribution < 1.29 is 14.6 Å². The molecule has 5 heteroatoms. The van der Waals surface area contributed by atoms with Crippen molar-refractivity contribution in [1.29, 1.82) is 0 Å². The Kier molecular flexibility index (Phi) is 3.88. The Morgan fingerprint density at radius 2 is 2.43 bits per heavy atom. The lowest BCUT2D eigenvalue weighted by atomic mass is 10.2. The summed E-state index contributed by atoms with van der Waals surface area (Å²) in [6.07, 6.45) is 1.64. The summed E-state index contributed by atoms with van der Waals surface area (Å²) in [5.41, 5.74) is 0.629. The van der Waals surface area contributed by atoms with Crippen LogP contribution in [0.5, 0.6) is 5.75 Å². The number of aromatic hydroxyl groups is 1. The van der Waals surface area contributed by atoms with Gasteiger partial charge >= 0.3 is 5.97 Å². The van der Waals surface area contributed by atoms with Crippen molar-refractivity contribution in [2.75, 3.05) is 6.61 Å². The Morgan fingerprint density at radius 3 is 3.00 bits per heavy atom. The second-order valence-electron chi connectivity index (χ2n) is 2.64. The van der Waals surface area contributed by atoms with Gasteiger partial charge in [-0.25, -0.2) is 4.98 Å². The number of ether oxygens (including phenoxy) is 1. The van der Waals surface area contributed by atoms with Crippen LogP contribution in [-0.4, -0.2) is 22.7 Å². The second kappa shape index (κ2) is 4.95. The predicted octanol–water partition coefficient (Wildman–Crippen LogP) is 1.66. The molecule has 1 aromatic heterocycles. The molecule has 1 rings (SSSR count). The fourth-order valence-electron chi connectivity index (χ4n) is 0.954. The number of rotatable bonds is 3. The first-order chi connectivity index (χ1) is 6.63. The van der Waals surface area contributed by atoms with E-state index >= 15 is 0 Å². The van der Waals surface area contributed by atoms with Crippen LogP contribution in [0.4, 0.5) is 0 Å². The molecule has 0 bridgehead atoms. The minimum absolute atomic E-state index is 0.0202. The third-order valence-electron chi connectivity index (χ3n) is 1.53. The molecule has 0 fully saturated rings. The quantitative estimate of drug-likeness (QED) is 0.663. The molecule has 1 N–H and O–H groups in total. The van der Waals surface area contributed by atoms with E-state index in [2.05, 4.69) is 20.9 Å². The maximum atomic E-state index is 11.1. The monoisotopic (exact) mass is 259 g/mol. The summed E-state index contributed by atoms with van der Waals surface area (Å²) in [7, 11) is 0. The predicted molar refractivity (Wildman–Crippen MR) is 53.9 cm³/mol. The molecule has 0 aliphatic rings. The first-order valence-corrected chi connectivity index (χ1v) is 4.91. The van der Waals surface area contributed by atoms with Crippen molar-refractivity contribution in [3.05, 3.63) is 22.4 Å².